The van der Waals surface area contributed by atoms with Gasteiger partial charge in [-0.25, -0.2) is 9.13 Å². The highest BCUT2D eigenvalue weighted by atomic mass is 31.2. The number of unbranched alkanes of at least 4 members (excludes halogenated alkanes) is 37. The molecule has 0 aliphatic rings. The lowest BCUT2D eigenvalue weighted by atomic mass is 9.99. The summed E-state index contributed by atoms with van der Waals surface area (Å²) in [6, 6.07) is 0. The van der Waals surface area contributed by atoms with E-state index >= 15 is 0 Å². The summed E-state index contributed by atoms with van der Waals surface area (Å²) in [5.74, 6) is 0.960. The van der Waals surface area contributed by atoms with E-state index in [-0.39, 0.29) is 25.7 Å². The van der Waals surface area contributed by atoms with Crippen molar-refractivity contribution in [2.75, 3.05) is 39.6 Å². The van der Waals surface area contributed by atoms with Crippen molar-refractivity contribution in [1.29, 1.82) is 0 Å². The zero-order chi connectivity index (χ0) is 70.3. The maximum absolute atomic E-state index is 13.1. The fourth-order valence-electron chi connectivity index (χ4n) is 11.5. The van der Waals surface area contributed by atoms with Gasteiger partial charge in [0.2, 0.25) is 0 Å². The number of phosphoric ester groups is 2. The first kappa shape index (κ1) is 93.1. The summed E-state index contributed by atoms with van der Waals surface area (Å²) in [5, 5.41) is 10.6. The van der Waals surface area contributed by atoms with Crippen LogP contribution in [0.3, 0.4) is 0 Å². The first-order valence-electron chi connectivity index (χ1n) is 39.3. The van der Waals surface area contributed by atoms with E-state index in [1.165, 1.54) is 180 Å². The second-order valence-electron chi connectivity index (χ2n) is 28.8. The maximum Gasteiger partial charge on any atom is 0.472 e. The van der Waals surface area contributed by atoms with E-state index in [4.69, 9.17) is 37.0 Å². The third kappa shape index (κ3) is 67.6. The van der Waals surface area contributed by atoms with Crippen LogP contribution in [0.25, 0.3) is 0 Å². The highest BCUT2D eigenvalue weighted by Gasteiger charge is 2.30. The molecule has 0 radical (unpaired) electrons. The lowest BCUT2D eigenvalue weighted by molar-refractivity contribution is -0.161. The van der Waals surface area contributed by atoms with Crippen molar-refractivity contribution in [2.24, 2.45) is 23.7 Å². The summed E-state index contributed by atoms with van der Waals surface area (Å²) >= 11 is 0. The van der Waals surface area contributed by atoms with E-state index in [0.717, 1.165) is 120 Å². The number of hydrogen-bond acceptors (Lipinski definition) is 15. The molecule has 564 valence electrons. The Balaban J connectivity index is 5.22. The molecule has 0 aliphatic carbocycles. The van der Waals surface area contributed by atoms with E-state index in [0.29, 0.717) is 25.7 Å². The van der Waals surface area contributed by atoms with E-state index in [1.54, 1.807) is 0 Å². The molecular formula is C76H148O17P2. The molecule has 0 bridgehead atoms. The number of ether oxygens (including phenoxy) is 4. The lowest BCUT2D eigenvalue weighted by Gasteiger charge is -2.21. The van der Waals surface area contributed by atoms with Crippen molar-refractivity contribution in [1.82, 2.24) is 0 Å². The number of aliphatic hydroxyl groups excluding tert-OH is 1. The molecule has 0 fully saturated rings. The first-order chi connectivity index (χ1) is 45.7. The Morgan fingerprint density at radius 3 is 0.747 bits per heavy atom. The van der Waals surface area contributed by atoms with Gasteiger partial charge in [0.05, 0.1) is 26.4 Å². The number of carbonyl (C=O) groups is 4. The van der Waals surface area contributed by atoms with Crippen molar-refractivity contribution < 1.29 is 80.2 Å². The molecule has 19 heteroatoms. The van der Waals surface area contributed by atoms with E-state index < -0.39 is 97.5 Å². The van der Waals surface area contributed by atoms with Crippen LogP contribution in [0.5, 0.6) is 0 Å². The summed E-state index contributed by atoms with van der Waals surface area (Å²) in [6.07, 6.45) is 50.0. The predicted molar refractivity (Wildman–Crippen MR) is 386 cm³/mol. The molecule has 95 heavy (non-hydrogen) atoms. The third-order valence-corrected chi connectivity index (χ3v) is 20.2. The van der Waals surface area contributed by atoms with Crippen LogP contribution in [0.2, 0.25) is 0 Å². The maximum atomic E-state index is 13.1. The molecule has 4 unspecified atom stereocenters. The van der Waals surface area contributed by atoms with Crippen LogP contribution in [0.15, 0.2) is 0 Å². The van der Waals surface area contributed by atoms with Gasteiger partial charge in [0.15, 0.2) is 12.2 Å². The third-order valence-electron chi connectivity index (χ3n) is 18.3. The van der Waals surface area contributed by atoms with Gasteiger partial charge in [0, 0.05) is 25.7 Å². The quantitative estimate of drug-likeness (QED) is 0.0222. The number of phosphoric acid groups is 2. The van der Waals surface area contributed by atoms with Gasteiger partial charge in [-0.1, -0.05) is 331 Å². The largest absolute Gasteiger partial charge is 0.472 e. The number of carbonyl (C=O) groups excluding carboxylic acids is 4. The Labute approximate surface area is 581 Å². The molecule has 17 nitrogen and oxygen atoms in total. The van der Waals surface area contributed by atoms with Crippen LogP contribution in [-0.4, -0.2) is 96.7 Å². The lowest BCUT2D eigenvalue weighted by Crippen LogP contribution is -2.30. The second-order valence-corrected chi connectivity index (χ2v) is 31.7. The van der Waals surface area contributed by atoms with E-state index in [1.807, 2.05) is 0 Å². The van der Waals surface area contributed by atoms with Crippen molar-refractivity contribution >= 4 is 39.5 Å². The molecule has 0 aromatic rings. The van der Waals surface area contributed by atoms with Crippen LogP contribution in [0.4, 0.5) is 0 Å². The normalized spacial score (nSPS) is 14.7. The Morgan fingerprint density at radius 1 is 0.295 bits per heavy atom. The fraction of sp³-hybridized carbons (Fsp3) is 0.947. The van der Waals surface area contributed by atoms with Crippen LogP contribution >= 0.6 is 15.6 Å². The molecular weight excluding hydrogens is 1250 g/mol. The molecule has 3 N–H and O–H groups in total. The molecule has 7 atom stereocenters. The zero-order valence-corrected chi connectivity index (χ0v) is 64.1. The average molecular weight is 1400 g/mol. The topological polar surface area (TPSA) is 237 Å². The van der Waals surface area contributed by atoms with Crippen molar-refractivity contribution in [3.8, 4) is 0 Å². The van der Waals surface area contributed by atoms with Gasteiger partial charge in [-0.2, -0.15) is 0 Å². The van der Waals surface area contributed by atoms with Gasteiger partial charge in [-0.3, -0.25) is 37.3 Å². The molecule has 0 aromatic heterocycles. The Kier molecular flexibility index (Phi) is 64.0. The van der Waals surface area contributed by atoms with Crippen molar-refractivity contribution in [2.45, 2.75) is 401 Å². The minimum absolute atomic E-state index is 0.105. The summed E-state index contributed by atoms with van der Waals surface area (Å²) < 4.78 is 68.5. The minimum Gasteiger partial charge on any atom is -0.462 e. The zero-order valence-electron chi connectivity index (χ0n) is 62.3. The van der Waals surface area contributed by atoms with Gasteiger partial charge in [0.25, 0.3) is 0 Å². The molecule has 0 saturated carbocycles. The monoisotopic (exact) mass is 1400 g/mol. The van der Waals surface area contributed by atoms with E-state index in [9.17, 15) is 43.2 Å². The summed E-state index contributed by atoms with van der Waals surface area (Å²) in [5.41, 5.74) is 0. The Morgan fingerprint density at radius 2 is 0.505 bits per heavy atom. The summed E-state index contributed by atoms with van der Waals surface area (Å²) in [7, 11) is -9.91. The average Bonchev–Trinajstić information content (AvgIpc) is 3.46. The molecule has 0 heterocycles. The Hall–Kier alpha value is -1.94. The predicted octanol–water partition coefficient (Wildman–Crippen LogP) is 22.0. The highest BCUT2D eigenvalue weighted by molar-refractivity contribution is 7.47. The molecule has 0 aliphatic heterocycles. The number of aliphatic hydroxyl groups is 1. The van der Waals surface area contributed by atoms with Crippen LogP contribution in [0.1, 0.15) is 383 Å². The summed E-state index contributed by atoms with van der Waals surface area (Å²) in [4.78, 5) is 72.8. The molecule has 0 saturated heterocycles. The number of rotatable bonds is 73. The molecule has 0 rings (SSSR count). The van der Waals surface area contributed by atoms with Gasteiger partial charge in [-0.15, -0.1) is 0 Å². The van der Waals surface area contributed by atoms with Crippen LogP contribution in [0, 0.1) is 23.7 Å². The fourth-order valence-corrected chi connectivity index (χ4v) is 13.1. The van der Waals surface area contributed by atoms with Crippen LogP contribution in [-0.2, 0) is 65.4 Å². The van der Waals surface area contributed by atoms with Gasteiger partial charge in [0.1, 0.15) is 19.3 Å². The SMILES string of the molecule is CCC(C)CCCCCCCCCCCCC(=O)O[C@H](COC(=O)CCCCCCCCC(C)CC)COP(=O)(O)OC[C@H](O)COP(=O)(O)OC[C@@H](COC(=O)CCCCCCCCCCCCCCCCCCC(C)C)OC(=O)CCCCCCCCCCCC(C)C. The van der Waals surface area contributed by atoms with Gasteiger partial charge in [-0.05, 0) is 49.4 Å². The van der Waals surface area contributed by atoms with Crippen molar-refractivity contribution in [3.05, 3.63) is 0 Å². The highest BCUT2D eigenvalue weighted by Crippen LogP contribution is 2.45. The second kappa shape index (κ2) is 65.4. The summed E-state index contributed by atoms with van der Waals surface area (Å²) in [6.45, 7) is 14.2. The van der Waals surface area contributed by atoms with Gasteiger partial charge < -0.3 is 33.8 Å². The van der Waals surface area contributed by atoms with Crippen molar-refractivity contribution in [3.63, 3.8) is 0 Å². The molecule has 0 aromatic carbocycles. The number of hydrogen-bond donors (Lipinski definition) is 3. The molecule has 0 amide bonds. The van der Waals surface area contributed by atoms with Gasteiger partial charge >= 0.3 is 39.5 Å². The Bertz CT molecular complexity index is 1870. The van der Waals surface area contributed by atoms with Crippen LogP contribution < -0.4 is 0 Å². The smallest absolute Gasteiger partial charge is 0.462 e. The number of esters is 4. The standard InChI is InChI=1S/C76H148O17P2/c1-9-68(7)54-46-38-30-24-19-20-26-32-42-50-58-75(80)93-72(63-87-74(79)57-49-41-35-34-39-47-55-69(8)10-2)65-91-95(84,85)89-61-70(77)60-88-94(82,83)90-64-71(92-76(81)59-51-43-33-27-21-23-29-37-45-53-67(5)6)62-86-73(78)56-48-40-31-25-18-16-14-12-11-13-15-17-22-28-36-44-52-66(3)4/h66-72,77H,9-65H2,1-8H3,(H,82,83)(H,84,85)/t68?,69?,70-,71-,72-/m1/s1. The molecule has 0 spiro atoms. The van der Waals surface area contributed by atoms with E-state index in [2.05, 4.69) is 55.4 Å². The minimum atomic E-state index is -4.96. The first-order valence-corrected chi connectivity index (χ1v) is 42.3.